The second-order valence-electron chi connectivity index (χ2n) is 4.19. The fourth-order valence-electron chi connectivity index (χ4n) is 1.61. The monoisotopic (exact) mass is 312 g/mol. The summed E-state index contributed by atoms with van der Waals surface area (Å²) in [5, 5.41) is 9.96. The molecular formula is C13H13ClN2O3S. The quantitative estimate of drug-likeness (QED) is 0.831. The molecule has 0 spiro atoms. The minimum atomic E-state index is -3.54. The van der Waals surface area contributed by atoms with Crippen LogP contribution in [0.25, 0.3) is 0 Å². The second kappa shape index (κ2) is 6.11. The third-order valence-electron chi connectivity index (χ3n) is 2.63. The number of sulfonamides is 1. The number of benzene rings is 1. The van der Waals surface area contributed by atoms with Crippen LogP contribution in [0.2, 0.25) is 5.02 Å². The minimum absolute atomic E-state index is 0.0842. The Bertz CT molecular complexity index is 690. The van der Waals surface area contributed by atoms with E-state index in [1.54, 1.807) is 24.5 Å². The van der Waals surface area contributed by atoms with Gasteiger partial charge in [-0.15, -0.1) is 0 Å². The third-order valence-corrected chi connectivity index (χ3v) is 4.14. The van der Waals surface area contributed by atoms with Crippen molar-refractivity contribution < 1.29 is 13.5 Å². The van der Waals surface area contributed by atoms with E-state index in [0.717, 1.165) is 5.56 Å². The molecule has 106 valence electrons. The summed E-state index contributed by atoms with van der Waals surface area (Å²) in [6.07, 6.45) is 3.59. The zero-order valence-electron chi connectivity index (χ0n) is 10.5. The summed E-state index contributed by atoms with van der Waals surface area (Å²) in [5.41, 5.74) is 0.995. The molecule has 0 saturated heterocycles. The standard InChI is InChI=1S/C13H13ClN2O3S/c14-11-1-2-12(13(17)9-11)16-20(18,19)8-5-10-3-6-15-7-4-10/h1-4,6-7,9,16-17H,5,8H2. The molecule has 0 atom stereocenters. The van der Waals surface area contributed by atoms with Gasteiger partial charge in [0.2, 0.25) is 10.0 Å². The first-order valence-corrected chi connectivity index (χ1v) is 7.87. The van der Waals surface area contributed by atoms with E-state index < -0.39 is 10.0 Å². The van der Waals surface area contributed by atoms with E-state index in [-0.39, 0.29) is 17.2 Å². The van der Waals surface area contributed by atoms with Crippen LogP contribution in [0.3, 0.4) is 0 Å². The van der Waals surface area contributed by atoms with Crippen LogP contribution in [0.5, 0.6) is 5.75 Å². The summed E-state index contributed by atoms with van der Waals surface area (Å²) in [4.78, 5) is 3.87. The van der Waals surface area contributed by atoms with E-state index in [4.69, 9.17) is 11.6 Å². The molecule has 20 heavy (non-hydrogen) atoms. The lowest BCUT2D eigenvalue weighted by molar-refractivity contribution is 0.477. The van der Waals surface area contributed by atoms with Crippen molar-refractivity contribution in [2.24, 2.45) is 0 Å². The van der Waals surface area contributed by atoms with Crippen LogP contribution in [0.15, 0.2) is 42.7 Å². The summed E-state index contributed by atoms with van der Waals surface area (Å²) in [6.45, 7) is 0. The number of nitrogens with one attached hydrogen (secondary N) is 1. The Morgan fingerprint density at radius 1 is 1.20 bits per heavy atom. The molecule has 0 aliphatic carbocycles. The molecule has 0 aliphatic rings. The van der Waals surface area contributed by atoms with Gasteiger partial charge < -0.3 is 5.11 Å². The van der Waals surface area contributed by atoms with Gasteiger partial charge in [0.25, 0.3) is 0 Å². The molecule has 0 saturated carbocycles. The number of rotatable bonds is 5. The highest BCUT2D eigenvalue weighted by molar-refractivity contribution is 7.92. The van der Waals surface area contributed by atoms with Crippen molar-refractivity contribution in [2.75, 3.05) is 10.5 Å². The van der Waals surface area contributed by atoms with Gasteiger partial charge in [-0.05, 0) is 36.2 Å². The molecule has 0 aliphatic heterocycles. The van der Waals surface area contributed by atoms with E-state index in [0.29, 0.717) is 11.4 Å². The first kappa shape index (κ1) is 14.6. The molecule has 2 rings (SSSR count). The van der Waals surface area contributed by atoms with Crippen LogP contribution >= 0.6 is 11.6 Å². The second-order valence-corrected chi connectivity index (χ2v) is 6.47. The fraction of sp³-hybridized carbons (Fsp3) is 0.154. The number of phenols is 1. The zero-order chi connectivity index (χ0) is 14.6. The minimum Gasteiger partial charge on any atom is -0.506 e. The molecule has 1 heterocycles. The van der Waals surface area contributed by atoms with Crippen molar-refractivity contribution in [1.29, 1.82) is 0 Å². The largest absolute Gasteiger partial charge is 0.506 e. The number of aryl methyl sites for hydroxylation is 1. The lowest BCUT2D eigenvalue weighted by atomic mass is 10.2. The highest BCUT2D eigenvalue weighted by Gasteiger charge is 2.13. The van der Waals surface area contributed by atoms with Crippen molar-refractivity contribution in [3.8, 4) is 5.75 Å². The number of aromatic hydroxyl groups is 1. The van der Waals surface area contributed by atoms with Crippen LogP contribution < -0.4 is 4.72 Å². The number of hydrogen-bond acceptors (Lipinski definition) is 4. The molecule has 7 heteroatoms. The molecular weight excluding hydrogens is 300 g/mol. The molecule has 0 unspecified atom stereocenters. The topological polar surface area (TPSA) is 79.3 Å². The number of nitrogens with zero attached hydrogens (tertiary/aromatic N) is 1. The number of phenolic OH excluding ortho intramolecular Hbond substituents is 1. The first-order valence-electron chi connectivity index (χ1n) is 5.84. The molecule has 2 aromatic rings. The van der Waals surface area contributed by atoms with Crippen molar-refractivity contribution in [3.63, 3.8) is 0 Å². The van der Waals surface area contributed by atoms with Crippen LogP contribution in [0.1, 0.15) is 5.56 Å². The van der Waals surface area contributed by atoms with Crippen molar-refractivity contribution in [2.45, 2.75) is 6.42 Å². The Hall–Kier alpha value is -1.79. The zero-order valence-corrected chi connectivity index (χ0v) is 12.0. The average molecular weight is 313 g/mol. The molecule has 0 radical (unpaired) electrons. The SMILES string of the molecule is O=S(=O)(CCc1ccncc1)Nc1ccc(Cl)cc1O. The molecule has 1 aromatic carbocycles. The Morgan fingerprint density at radius 3 is 2.55 bits per heavy atom. The van der Waals surface area contributed by atoms with Crippen LogP contribution in [-0.4, -0.2) is 24.3 Å². The normalized spacial score (nSPS) is 11.2. The van der Waals surface area contributed by atoms with Gasteiger partial charge in [0, 0.05) is 23.5 Å². The molecule has 2 N–H and O–H groups in total. The van der Waals surface area contributed by atoms with E-state index in [1.807, 2.05) is 0 Å². The molecule has 0 fully saturated rings. The van der Waals surface area contributed by atoms with E-state index in [1.165, 1.54) is 18.2 Å². The van der Waals surface area contributed by atoms with Gasteiger partial charge in [-0.3, -0.25) is 9.71 Å². The average Bonchev–Trinajstić information content (AvgIpc) is 2.41. The van der Waals surface area contributed by atoms with Gasteiger partial charge in [0.15, 0.2) is 0 Å². The molecule has 0 amide bonds. The van der Waals surface area contributed by atoms with Crippen LogP contribution in [0, 0.1) is 0 Å². The number of halogens is 1. The smallest absolute Gasteiger partial charge is 0.233 e. The highest BCUT2D eigenvalue weighted by Crippen LogP contribution is 2.27. The maximum absolute atomic E-state index is 11.9. The van der Waals surface area contributed by atoms with E-state index in [2.05, 4.69) is 9.71 Å². The number of anilines is 1. The van der Waals surface area contributed by atoms with Gasteiger partial charge in [0.1, 0.15) is 5.75 Å². The molecule has 1 aromatic heterocycles. The number of pyridine rings is 1. The highest BCUT2D eigenvalue weighted by atomic mass is 35.5. The predicted molar refractivity (Wildman–Crippen MR) is 78.5 cm³/mol. The maximum atomic E-state index is 11.9. The van der Waals surface area contributed by atoms with Crippen molar-refractivity contribution in [3.05, 3.63) is 53.3 Å². The van der Waals surface area contributed by atoms with Gasteiger partial charge in [-0.1, -0.05) is 11.6 Å². The molecule has 5 nitrogen and oxygen atoms in total. The number of aromatic nitrogens is 1. The Morgan fingerprint density at radius 2 is 1.90 bits per heavy atom. The lowest BCUT2D eigenvalue weighted by Gasteiger charge is -2.09. The molecule has 0 bridgehead atoms. The predicted octanol–water partition coefficient (Wildman–Crippen LogP) is 2.43. The van der Waals surface area contributed by atoms with Gasteiger partial charge in [-0.2, -0.15) is 0 Å². The third kappa shape index (κ3) is 4.11. The summed E-state index contributed by atoms with van der Waals surface area (Å²) < 4.78 is 26.2. The Labute approximate surface area is 122 Å². The summed E-state index contributed by atoms with van der Waals surface area (Å²) >= 11 is 5.69. The fourth-order valence-corrected chi connectivity index (χ4v) is 2.89. The lowest BCUT2D eigenvalue weighted by Crippen LogP contribution is -2.18. The van der Waals surface area contributed by atoms with Crippen LogP contribution in [0.4, 0.5) is 5.69 Å². The summed E-state index contributed by atoms with van der Waals surface area (Å²) in [5.74, 6) is -0.288. The van der Waals surface area contributed by atoms with Gasteiger partial charge in [0.05, 0.1) is 11.4 Å². The Kier molecular flexibility index (Phi) is 4.46. The van der Waals surface area contributed by atoms with E-state index in [9.17, 15) is 13.5 Å². The van der Waals surface area contributed by atoms with Crippen LogP contribution in [-0.2, 0) is 16.4 Å². The van der Waals surface area contributed by atoms with Crippen molar-refractivity contribution >= 4 is 27.3 Å². The Balaban J connectivity index is 2.04. The maximum Gasteiger partial charge on any atom is 0.233 e. The first-order chi connectivity index (χ1) is 9.46. The van der Waals surface area contributed by atoms with Crippen molar-refractivity contribution in [1.82, 2.24) is 4.98 Å². The van der Waals surface area contributed by atoms with E-state index >= 15 is 0 Å². The summed E-state index contributed by atoms with van der Waals surface area (Å²) in [7, 11) is -3.54. The van der Waals surface area contributed by atoms with Gasteiger partial charge >= 0.3 is 0 Å². The summed E-state index contributed by atoms with van der Waals surface area (Å²) in [6, 6.07) is 7.72. The number of hydrogen-bond donors (Lipinski definition) is 2. The van der Waals surface area contributed by atoms with Gasteiger partial charge in [-0.25, -0.2) is 8.42 Å².